The van der Waals surface area contributed by atoms with E-state index in [1.165, 1.54) is 6.21 Å². The van der Waals surface area contributed by atoms with Gasteiger partial charge in [-0.3, -0.25) is 9.59 Å². The molecule has 0 aliphatic rings. The lowest BCUT2D eigenvalue weighted by molar-refractivity contribution is -0.136. The standard InChI is InChI=1S/C29H25Br2N3O4/c1-3-37-26-15-19(16-32-34-29(36)28(35)33-25-12-11-22(30)13-18(25)2)14-24(31)27(26)38-17-21-9-6-8-20-7-4-5-10-23(20)21/h4-16H,3,17H2,1-2H3,(H,33,35)(H,34,36)/b32-16+. The number of benzene rings is 4. The van der Waals surface area contributed by atoms with Crippen LogP contribution in [-0.4, -0.2) is 24.6 Å². The summed E-state index contributed by atoms with van der Waals surface area (Å²) in [4.78, 5) is 24.5. The van der Waals surface area contributed by atoms with Crippen LogP contribution in [0.25, 0.3) is 10.8 Å². The number of rotatable bonds is 8. The fourth-order valence-electron chi connectivity index (χ4n) is 3.80. The third kappa shape index (κ3) is 6.79. The van der Waals surface area contributed by atoms with Crippen molar-refractivity contribution in [2.75, 3.05) is 11.9 Å². The smallest absolute Gasteiger partial charge is 0.329 e. The van der Waals surface area contributed by atoms with E-state index in [-0.39, 0.29) is 0 Å². The maximum absolute atomic E-state index is 12.2. The van der Waals surface area contributed by atoms with Gasteiger partial charge in [-0.2, -0.15) is 5.10 Å². The fraction of sp³-hybridized carbons (Fsp3) is 0.138. The molecule has 0 spiro atoms. The van der Waals surface area contributed by atoms with Crippen LogP contribution in [0.4, 0.5) is 5.69 Å². The van der Waals surface area contributed by atoms with Crippen molar-refractivity contribution in [3.05, 3.63) is 98.4 Å². The minimum Gasteiger partial charge on any atom is -0.490 e. The maximum Gasteiger partial charge on any atom is 0.329 e. The first-order chi connectivity index (χ1) is 18.4. The van der Waals surface area contributed by atoms with Crippen molar-refractivity contribution in [3.63, 3.8) is 0 Å². The van der Waals surface area contributed by atoms with Crippen molar-refractivity contribution < 1.29 is 19.1 Å². The SMILES string of the molecule is CCOc1cc(/C=N/NC(=O)C(=O)Nc2ccc(Br)cc2C)cc(Br)c1OCc1cccc2ccccc12. The zero-order chi connectivity index (χ0) is 27.1. The number of fused-ring (bicyclic) bond motifs is 1. The molecule has 0 unspecified atom stereocenters. The summed E-state index contributed by atoms with van der Waals surface area (Å²) in [7, 11) is 0. The van der Waals surface area contributed by atoms with Gasteiger partial charge in [-0.05, 0) is 87.6 Å². The predicted octanol–water partition coefficient (Wildman–Crippen LogP) is 6.74. The predicted molar refractivity (Wildman–Crippen MR) is 157 cm³/mol. The van der Waals surface area contributed by atoms with Crippen LogP contribution in [0.5, 0.6) is 11.5 Å². The summed E-state index contributed by atoms with van der Waals surface area (Å²) in [6.45, 7) is 4.51. The molecule has 4 rings (SSSR count). The molecule has 0 saturated carbocycles. The van der Waals surface area contributed by atoms with Gasteiger partial charge >= 0.3 is 11.8 Å². The molecule has 0 saturated heterocycles. The molecule has 0 atom stereocenters. The Hall–Kier alpha value is -3.69. The van der Waals surface area contributed by atoms with Crippen molar-refractivity contribution >= 4 is 66.3 Å². The Balaban J connectivity index is 1.44. The molecule has 0 bridgehead atoms. The van der Waals surface area contributed by atoms with Gasteiger partial charge in [-0.1, -0.05) is 58.4 Å². The molecule has 0 aliphatic carbocycles. The normalized spacial score (nSPS) is 10.9. The summed E-state index contributed by atoms with van der Waals surface area (Å²) in [5.41, 5.74) is 5.31. The molecule has 0 fully saturated rings. The molecule has 4 aromatic rings. The van der Waals surface area contributed by atoms with E-state index >= 15 is 0 Å². The molecule has 4 aromatic carbocycles. The van der Waals surface area contributed by atoms with E-state index in [4.69, 9.17) is 9.47 Å². The third-order valence-electron chi connectivity index (χ3n) is 5.61. The van der Waals surface area contributed by atoms with E-state index in [0.29, 0.717) is 40.4 Å². The van der Waals surface area contributed by atoms with Crippen LogP contribution in [0.2, 0.25) is 0 Å². The Morgan fingerprint density at radius 1 is 0.947 bits per heavy atom. The molecular weight excluding hydrogens is 614 g/mol. The summed E-state index contributed by atoms with van der Waals surface area (Å²) in [6, 6.07) is 23.2. The Bertz CT molecular complexity index is 1520. The lowest BCUT2D eigenvalue weighted by atomic mass is 10.1. The quantitative estimate of drug-likeness (QED) is 0.127. The van der Waals surface area contributed by atoms with Crippen LogP contribution in [-0.2, 0) is 16.2 Å². The van der Waals surface area contributed by atoms with Gasteiger partial charge in [0.15, 0.2) is 11.5 Å². The summed E-state index contributed by atoms with van der Waals surface area (Å²) in [5.74, 6) is -0.618. The second-order valence-corrected chi connectivity index (χ2v) is 10.1. The number of halogens is 2. The number of hydrogen-bond acceptors (Lipinski definition) is 5. The zero-order valence-corrected chi connectivity index (χ0v) is 23.9. The number of aryl methyl sites for hydroxylation is 1. The lowest BCUT2D eigenvalue weighted by Gasteiger charge is -2.15. The van der Waals surface area contributed by atoms with Crippen LogP contribution in [0, 0.1) is 6.92 Å². The monoisotopic (exact) mass is 637 g/mol. The molecule has 0 aliphatic heterocycles. The molecule has 194 valence electrons. The first kappa shape index (κ1) is 27.3. The van der Waals surface area contributed by atoms with E-state index in [0.717, 1.165) is 26.4 Å². The molecule has 2 amide bonds. The number of hydrazone groups is 1. The summed E-state index contributed by atoms with van der Waals surface area (Å²) in [5, 5.41) is 8.78. The zero-order valence-electron chi connectivity index (χ0n) is 20.8. The fourth-order valence-corrected chi connectivity index (χ4v) is 4.85. The van der Waals surface area contributed by atoms with Crippen LogP contribution in [0.15, 0.2) is 86.8 Å². The molecule has 0 heterocycles. The topological polar surface area (TPSA) is 89.0 Å². The van der Waals surface area contributed by atoms with Gasteiger partial charge in [0.2, 0.25) is 0 Å². The first-order valence-electron chi connectivity index (χ1n) is 11.8. The summed E-state index contributed by atoms with van der Waals surface area (Å²) < 4.78 is 13.5. The summed E-state index contributed by atoms with van der Waals surface area (Å²) in [6.07, 6.45) is 1.43. The Morgan fingerprint density at radius 3 is 2.53 bits per heavy atom. The Morgan fingerprint density at radius 2 is 1.74 bits per heavy atom. The first-order valence-corrected chi connectivity index (χ1v) is 13.4. The van der Waals surface area contributed by atoms with Gasteiger partial charge in [0.05, 0.1) is 17.3 Å². The van der Waals surface area contributed by atoms with E-state index in [2.05, 4.69) is 65.9 Å². The highest BCUT2D eigenvalue weighted by Gasteiger charge is 2.15. The van der Waals surface area contributed by atoms with Gasteiger partial charge in [0, 0.05) is 10.2 Å². The average molecular weight is 639 g/mol. The van der Waals surface area contributed by atoms with Crippen molar-refractivity contribution in [2.45, 2.75) is 20.5 Å². The van der Waals surface area contributed by atoms with Crippen molar-refractivity contribution in [1.82, 2.24) is 5.43 Å². The minimum absolute atomic E-state index is 0.358. The van der Waals surface area contributed by atoms with Gasteiger partial charge in [0.1, 0.15) is 6.61 Å². The van der Waals surface area contributed by atoms with Gasteiger partial charge in [0.25, 0.3) is 0 Å². The second kappa shape index (κ2) is 12.7. The Labute approximate surface area is 237 Å². The van der Waals surface area contributed by atoms with Crippen molar-refractivity contribution in [3.8, 4) is 11.5 Å². The molecule has 7 nitrogen and oxygen atoms in total. The van der Waals surface area contributed by atoms with E-state index < -0.39 is 11.8 Å². The van der Waals surface area contributed by atoms with Gasteiger partial charge < -0.3 is 14.8 Å². The maximum atomic E-state index is 12.2. The molecule has 0 radical (unpaired) electrons. The average Bonchev–Trinajstić information content (AvgIpc) is 2.90. The molecule has 38 heavy (non-hydrogen) atoms. The number of anilines is 1. The third-order valence-corrected chi connectivity index (χ3v) is 6.69. The van der Waals surface area contributed by atoms with Crippen LogP contribution >= 0.6 is 31.9 Å². The van der Waals surface area contributed by atoms with E-state index in [9.17, 15) is 9.59 Å². The second-order valence-electron chi connectivity index (χ2n) is 8.30. The number of nitrogens with zero attached hydrogens (tertiary/aromatic N) is 1. The van der Waals surface area contributed by atoms with Crippen LogP contribution in [0.1, 0.15) is 23.6 Å². The molecule has 0 aromatic heterocycles. The number of nitrogens with one attached hydrogen (secondary N) is 2. The number of carbonyl (C=O) groups is 2. The molecule has 2 N–H and O–H groups in total. The number of amides is 2. The Kier molecular flexibility index (Phi) is 9.15. The van der Waals surface area contributed by atoms with E-state index in [1.54, 1.807) is 24.3 Å². The largest absolute Gasteiger partial charge is 0.490 e. The molecule has 9 heteroatoms. The van der Waals surface area contributed by atoms with Gasteiger partial charge in [-0.25, -0.2) is 5.43 Å². The highest BCUT2D eigenvalue weighted by atomic mass is 79.9. The van der Waals surface area contributed by atoms with Crippen LogP contribution in [0.3, 0.4) is 0 Å². The van der Waals surface area contributed by atoms with Crippen molar-refractivity contribution in [1.29, 1.82) is 0 Å². The number of carbonyl (C=O) groups excluding carboxylic acids is 2. The van der Waals surface area contributed by atoms with Crippen LogP contribution < -0.4 is 20.2 Å². The summed E-state index contributed by atoms with van der Waals surface area (Å²) >= 11 is 6.93. The number of hydrogen-bond donors (Lipinski definition) is 2. The van der Waals surface area contributed by atoms with Crippen molar-refractivity contribution in [2.24, 2.45) is 5.10 Å². The molecular formula is C29H25Br2N3O4. The van der Waals surface area contributed by atoms with E-state index in [1.807, 2.05) is 44.2 Å². The number of ether oxygens (including phenoxy) is 2. The lowest BCUT2D eigenvalue weighted by Crippen LogP contribution is -2.32. The highest BCUT2D eigenvalue weighted by Crippen LogP contribution is 2.37. The van der Waals surface area contributed by atoms with Gasteiger partial charge in [-0.15, -0.1) is 0 Å². The minimum atomic E-state index is -0.886. The highest BCUT2D eigenvalue weighted by molar-refractivity contribution is 9.10.